The third-order valence-corrected chi connectivity index (χ3v) is 3.74. The molecule has 0 aliphatic carbocycles. The van der Waals surface area contributed by atoms with Crippen molar-refractivity contribution in [2.75, 3.05) is 6.54 Å². The van der Waals surface area contributed by atoms with Gasteiger partial charge >= 0.3 is 0 Å². The van der Waals surface area contributed by atoms with Crippen molar-refractivity contribution in [3.8, 4) is 0 Å². The number of aryl methyl sites for hydroxylation is 1. The Morgan fingerprint density at radius 3 is 2.70 bits per heavy atom. The van der Waals surface area contributed by atoms with Gasteiger partial charge in [-0.2, -0.15) is 4.98 Å². The fourth-order valence-electron chi connectivity index (χ4n) is 1.67. The summed E-state index contributed by atoms with van der Waals surface area (Å²) in [6.45, 7) is 8.02. The van der Waals surface area contributed by atoms with Crippen LogP contribution in [0.1, 0.15) is 31.1 Å². The van der Waals surface area contributed by atoms with Crippen molar-refractivity contribution < 1.29 is 4.52 Å². The molecule has 0 saturated heterocycles. The Hall–Kier alpha value is -1.33. The van der Waals surface area contributed by atoms with E-state index >= 15 is 0 Å². The number of benzene rings is 1. The molecular formula is C15H21N3OS. The van der Waals surface area contributed by atoms with Gasteiger partial charge in [-0.1, -0.05) is 36.7 Å². The first-order chi connectivity index (χ1) is 9.63. The van der Waals surface area contributed by atoms with Crippen LogP contribution < -0.4 is 5.32 Å². The van der Waals surface area contributed by atoms with Crippen molar-refractivity contribution in [3.05, 3.63) is 41.5 Å². The highest BCUT2D eigenvalue weighted by atomic mass is 32.2. The van der Waals surface area contributed by atoms with E-state index in [2.05, 4.69) is 60.5 Å². The third kappa shape index (κ3) is 4.98. The average Bonchev–Trinajstić information content (AvgIpc) is 2.86. The molecule has 1 heterocycles. The summed E-state index contributed by atoms with van der Waals surface area (Å²) < 4.78 is 5.22. The zero-order valence-electron chi connectivity index (χ0n) is 12.2. The van der Waals surface area contributed by atoms with E-state index in [1.807, 2.05) is 0 Å². The largest absolute Gasteiger partial charge is 0.338 e. The van der Waals surface area contributed by atoms with Crippen LogP contribution in [0, 0.1) is 12.8 Å². The Bertz CT molecular complexity index is 522. The van der Waals surface area contributed by atoms with Gasteiger partial charge in [0, 0.05) is 4.90 Å². The molecule has 0 aliphatic rings. The molecule has 4 nitrogen and oxygen atoms in total. The molecule has 0 atom stereocenters. The van der Waals surface area contributed by atoms with Crippen LogP contribution in [-0.2, 0) is 12.3 Å². The summed E-state index contributed by atoms with van der Waals surface area (Å²) in [5, 5.41) is 7.29. The van der Waals surface area contributed by atoms with E-state index in [0.29, 0.717) is 18.4 Å². The van der Waals surface area contributed by atoms with Crippen LogP contribution >= 0.6 is 11.8 Å². The smallest absolute Gasteiger partial charge is 0.240 e. The minimum absolute atomic E-state index is 0.620. The van der Waals surface area contributed by atoms with Crippen molar-refractivity contribution >= 4 is 11.8 Å². The minimum atomic E-state index is 0.620. The van der Waals surface area contributed by atoms with Gasteiger partial charge < -0.3 is 9.84 Å². The fourth-order valence-corrected chi connectivity index (χ4v) is 2.41. The summed E-state index contributed by atoms with van der Waals surface area (Å²) >= 11 is 1.72. The van der Waals surface area contributed by atoms with Crippen LogP contribution in [0.3, 0.4) is 0 Å². The molecule has 0 unspecified atom stereocenters. The van der Waals surface area contributed by atoms with E-state index < -0.39 is 0 Å². The standard InChI is InChI=1S/C15H21N3OS/c1-11(2)8-16-9-15-17-14(18-19-15)10-20-13-6-4-12(3)5-7-13/h4-7,11,16H,8-10H2,1-3H3. The van der Waals surface area contributed by atoms with E-state index in [9.17, 15) is 0 Å². The maximum atomic E-state index is 5.22. The SMILES string of the molecule is Cc1ccc(SCc2noc(CNCC(C)C)n2)cc1. The van der Waals surface area contributed by atoms with Crippen LogP contribution in [0.25, 0.3) is 0 Å². The summed E-state index contributed by atoms with van der Waals surface area (Å²) in [6, 6.07) is 8.45. The molecule has 108 valence electrons. The topological polar surface area (TPSA) is 51.0 Å². The van der Waals surface area contributed by atoms with Crippen LogP contribution in [0.5, 0.6) is 0 Å². The molecule has 0 fully saturated rings. The molecule has 20 heavy (non-hydrogen) atoms. The van der Waals surface area contributed by atoms with Crippen LogP contribution in [0.4, 0.5) is 0 Å². The van der Waals surface area contributed by atoms with E-state index in [1.54, 1.807) is 11.8 Å². The minimum Gasteiger partial charge on any atom is -0.338 e. The van der Waals surface area contributed by atoms with E-state index in [4.69, 9.17) is 4.52 Å². The van der Waals surface area contributed by atoms with Gasteiger partial charge in [-0.3, -0.25) is 0 Å². The first-order valence-corrected chi connectivity index (χ1v) is 7.83. The third-order valence-electron chi connectivity index (χ3n) is 2.73. The lowest BCUT2D eigenvalue weighted by atomic mass is 10.2. The van der Waals surface area contributed by atoms with Gasteiger partial charge in [-0.15, -0.1) is 11.8 Å². The number of hydrogen-bond donors (Lipinski definition) is 1. The molecule has 0 aliphatic heterocycles. The normalized spacial score (nSPS) is 11.2. The van der Waals surface area contributed by atoms with Crippen molar-refractivity contribution in [1.82, 2.24) is 15.5 Å². The van der Waals surface area contributed by atoms with Gasteiger partial charge in [0.1, 0.15) is 0 Å². The molecule has 2 aromatic rings. The molecule has 1 N–H and O–H groups in total. The number of nitrogens with one attached hydrogen (secondary N) is 1. The van der Waals surface area contributed by atoms with Crippen LogP contribution in [0.15, 0.2) is 33.7 Å². The highest BCUT2D eigenvalue weighted by Gasteiger charge is 2.06. The quantitative estimate of drug-likeness (QED) is 0.792. The number of thioether (sulfide) groups is 1. The van der Waals surface area contributed by atoms with Gasteiger partial charge in [0.25, 0.3) is 0 Å². The predicted molar refractivity (Wildman–Crippen MR) is 81.6 cm³/mol. The molecule has 0 saturated carbocycles. The van der Waals surface area contributed by atoms with E-state index in [0.717, 1.165) is 18.1 Å². The molecule has 2 rings (SSSR count). The summed E-state index contributed by atoms with van der Waals surface area (Å²) in [5.41, 5.74) is 1.27. The Balaban J connectivity index is 1.79. The summed E-state index contributed by atoms with van der Waals surface area (Å²) in [6.07, 6.45) is 0. The highest BCUT2D eigenvalue weighted by molar-refractivity contribution is 7.98. The zero-order chi connectivity index (χ0) is 14.4. The molecule has 5 heteroatoms. The van der Waals surface area contributed by atoms with Gasteiger partial charge in [0.2, 0.25) is 5.89 Å². The van der Waals surface area contributed by atoms with Gasteiger partial charge in [-0.25, -0.2) is 0 Å². The summed E-state index contributed by atoms with van der Waals surface area (Å²) in [4.78, 5) is 5.60. The van der Waals surface area contributed by atoms with E-state index in [1.165, 1.54) is 10.5 Å². The van der Waals surface area contributed by atoms with Crippen LogP contribution in [-0.4, -0.2) is 16.7 Å². The first kappa shape index (κ1) is 15.1. The lowest BCUT2D eigenvalue weighted by Gasteiger charge is -2.03. The predicted octanol–water partition coefficient (Wildman–Crippen LogP) is 3.42. The zero-order valence-corrected chi connectivity index (χ0v) is 13.0. The molecule has 0 amide bonds. The van der Waals surface area contributed by atoms with Crippen molar-refractivity contribution in [2.45, 2.75) is 38.0 Å². The monoisotopic (exact) mass is 291 g/mol. The number of rotatable bonds is 7. The summed E-state index contributed by atoms with van der Waals surface area (Å²) in [7, 11) is 0. The van der Waals surface area contributed by atoms with Crippen molar-refractivity contribution in [1.29, 1.82) is 0 Å². The Morgan fingerprint density at radius 1 is 1.25 bits per heavy atom. The maximum Gasteiger partial charge on any atom is 0.240 e. The summed E-state index contributed by atoms with van der Waals surface area (Å²) in [5.74, 6) is 2.76. The van der Waals surface area contributed by atoms with Crippen molar-refractivity contribution in [2.24, 2.45) is 5.92 Å². The van der Waals surface area contributed by atoms with Gasteiger partial charge in [0.15, 0.2) is 5.82 Å². The Morgan fingerprint density at radius 2 is 2.00 bits per heavy atom. The average molecular weight is 291 g/mol. The molecule has 1 aromatic carbocycles. The van der Waals surface area contributed by atoms with Crippen molar-refractivity contribution in [3.63, 3.8) is 0 Å². The Labute approximate surface area is 124 Å². The first-order valence-electron chi connectivity index (χ1n) is 6.85. The number of nitrogens with zero attached hydrogens (tertiary/aromatic N) is 2. The molecule has 0 bridgehead atoms. The second kappa shape index (κ2) is 7.45. The lowest BCUT2D eigenvalue weighted by Crippen LogP contribution is -2.19. The molecule has 0 radical (unpaired) electrons. The van der Waals surface area contributed by atoms with Crippen LogP contribution in [0.2, 0.25) is 0 Å². The number of aromatic nitrogens is 2. The number of hydrogen-bond acceptors (Lipinski definition) is 5. The Kier molecular flexibility index (Phi) is 5.61. The highest BCUT2D eigenvalue weighted by Crippen LogP contribution is 2.21. The molecular weight excluding hydrogens is 270 g/mol. The molecule has 1 aromatic heterocycles. The van der Waals surface area contributed by atoms with Gasteiger partial charge in [-0.05, 0) is 31.5 Å². The van der Waals surface area contributed by atoms with E-state index in [-0.39, 0.29) is 0 Å². The lowest BCUT2D eigenvalue weighted by molar-refractivity contribution is 0.360. The molecule has 0 spiro atoms. The second-order valence-electron chi connectivity index (χ2n) is 5.23. The second-order valence-corrected chi connectivity index (χ2v) is 6.28. The fraction of sp³-hybridized carbons (Fsp3) is 0.467. The maximum absolute atomic E-state index is 5.22. The van der Waals surface area contributed by atoms with Gasteiger partial charge in [0.05, 0.1) is 12.3 Å².